The first-order valence-corrected chi connectivity index (χ1v) is 9.14. The Morgan fingerprint density at radius 2 is 2.08 bits per heavy atom. The third kappa shape index (κ3) is 3.34. The van der Waals surface area contributed by atoms with Gasteiger partial charge in [0.2, 0.25) is 5.91 Å². The first kappa shape index (κ1) is 17.7. The molecule has 6 nitrogen and oxygen atoms in total. The molecule has 2 aromatic rings. The lowest BCUT2D eigenvalue weighted by Gasteiger charge is -2.35. The molecule has 136 valence electrons. The first-order valence-electron chi connectivity index (χ1n) is 9.14. The van der Waals surface area contributed by atoms with Crippen molar-refractivity contribution >= 4 is 5.91 Å². The molecule has 3 heterocycles. The maximum absolute atomic E-state index is 13.1. The van der Waals surface area contributed by atoms with Crippen molar-refractivity contribution in [1.82, 2.24) is 19.6 Å². The summed E-state index contributed by atoms with van der Waals surface area (Å²) in [7, 11) is 0. The van der Waals surface area contributed by atoms with Crippen LogP contribution in [0.15, 0.2) is 16.9 Å². The van der Waals surface area contributed by atoms with Gasteiger partial charge in [-0.25, -0.2) is 4.98 Å². The topological polar surface area (TPSA) is 64.2 Å². The van der Waals surface area contributed by atoms with Crippen LogP contribution in [0.3, 0.4) is 0 Å². The number of carbonyl (C=O) groups excluding carboxylic acids is 1. The van der Waals surface area contributed by atoms with Crippen LogP contribution >= 0.6 is 0 Å². The van der Waals surface area contributed by atoms with Crippen LogP contribution in [-0.2, 0) is 4.79 Å². The number of aromatic nitrogens is 3. The molecular weight excluding hydrogens is 316 g/mol. The van der Waals surface area contributed by atoms with Gasteiger partial charge in [-0.1, -0.05) is 19.0 Å². The summed E-state index contributed by atoms with van der Waals surface area (Å²) in [6, 6.07) is 0.300. The second kappa shape index (κ2) is 7.02. The third-order valence-electron chi connectivity index (χ3n) is 5.21. The summed E-state index contributed by atoms with van der Waals surface area (Å²) in [4.78, 5) is 19.6. The molecule has 0 aromatic carbocycles. The van der Waals surface area contributed by atoms with Gasteiger partial charge < -0.3 is 14.0 Å². The van der Waals surface area contributed by atoms with Crippen molar-refractivity contribution in [1.29, 1.82) is 0 Å². The molecule has 1 aliphatic heterocycles. The number of hydrogen-bond acceptors (Lipinski definition) is 4. The molecule has 25 heavy (non-hydrogen) atoms. The van der Waals surface area contributed by atoms with Gasteiger partial charge in [0.15, 0.2) is 0 Å². The van der Waals surface area contributed by atoms with Crippen molar-refractivity contribution in [3.8, 4) is 0 Å². The smallest absolute Gasteiger partial charge is 0.230 e. The molecule has 0 aliphatic carbocycles. The molecule has 2 atom stereocenters. The Morgan fingerprint density at radius 3 is 2.72 bits per heavy atom. The zero-order chi connectivity index (χ0) is 18.1. The molecule has 0 radical (unpaired) electrons. The molecule has 1 saturated heterocycles. The fourth-order valence-electron chi connectivity index (χ4n) is 3.97. The SMILES string of the molecule is Cc1noc(C)c1[C@@H](C)C(=O)N1CCC[C@H](n2ccnc2C(C)C)C1. The van der Waals surface area contributed by atoms with Crippen LogP contribution in [0.2, 0.25) is 0 Å². The largest absolute Gasteiger partial charge is 0.361 e. The second-order valence-electron chi connectivity index (χ2n) is 7.39. The minimum atomic E-state index is -0.225. The van der Waals surface area contributed by atoms with Gasteiger partial charge in [-0.05, 0) is 33.6 Å². The second-order valence-corrected chi connectivity index (χ2v) is 7.39. The van der Waals surface area contributed by atoms with Crippen LogP contribution in [0.25, 0.3) is 0 Å². The molecule has 0 spiro atoms. The van der Waals surface area contributed by atoms with Crippen LogP contribution in [0, 0.1) is 13.8 Å². The minimum Gasteiger partial charge on any atom is -0.361 e. The van der Waals surface area contributed by atoms with E-state index in [1.807, 2.05) is 38.1 Å². The normalized spacial score (nSPS) is 19.4. The Morgan fingerprint density at radius 1 is 1.32 bits per heavy atom. The van der Waals surface area contributed by atoms with Crippen LogP contribution in [-0.4, -0.2) is 38.6 Å². The Balaban J connectivity index is 1.77. The number of piperidine rings is 1. The van der Waals surface area contributed by atoms with Crippen LogP contribution in [0.5, 0.6) is 0 Å². The van der Waals surface area contributed by atoms with Crippen molar-refractivity contribution in [2.75, 3.05) is 13.1 Å². The summed E-state index contributed by atoms with van der Waals surface area (Å²) in [5, 5.41) is 3.99. The van der Waals surface area contributed by atoms with Gasteiger partial charge in [0, 0.05) is 37.0 Å². The third-order valence-corrected chi connectivity index (χ3v) is 5.21. The fraction of sp³-hybridized carbons (Fsp3) is 0.632. The van der Waals surface area contributed by atoms with Crippen molar-refractivity contribution in [3.05, 3.63) is 35.2 Å². The quantitative estimate of drug-likeness (QED) is 0.850. The van der Waals surface area contributed by atoms with Gasteiger partial charge >= 0.3 is 0 Å². The monoisotopic (exact) mass is 344 g/mol. The van der Waals surface area contributed by atoms with E-state index >= 15 is 0 Å². The van der Waals surface area contributed by atoms with E-state index in [4.69, 9.17) is 4.52 Å². The zero-order valence-corrected chi connectivity index (χ0v) is 15.8. The number of likely N-dealkylation sites (tertiary alicyclic amines) is 1. The molecule has 1 fully saturated rings. The maximum Gasteiger partial charge on any atom is 0.230 e. The number of imidazole rings is 1. The maximum atomic E-state index is 13.1. The molecule has 1 amide bonds. The van der Waals surface area contributed by atoms with E-state index < -0.39 is 0 Å². The number of aryl methyl sites for hydroxylation is 2. The average Bonchev–Trinajstić information content (AvgIpc) is 3.21. The Hall–Kier alpha value is -2.11. The van der Waals surface area contributed by atoms with Crippen molar-refractivity contribution in [2.45, 2.75) is 65.3 Å². The molecule has 0 bridgehead atoms. The summed E-state index contributed by atoms with van der Waals surface area (Å²) in [6.07, 6.45) is 6.01. The predicted octanol–water partition coefficient (Wildman–Crippen LogP) is 3.58. The highest BCUT2D eigenvalue weighted by Crippen LogP contribution is 2.30. The van der Waals surface area contributed by atoms with Gasteiger partial charge in [-0.2, -0.15) is 0 Å². The molecule has 2 aromatic heterocycles. The highest BCUT2D eigenvalue weighted by Gasteiger charge is 2.31. The van der Waals surface area contributed by atoms with Crippen LogP contribution in [0.1, 0.15) is 74.3 Å². The zero-order valence-electron chi connectivity index (χ0n) is 15.8. The lowest BCUT2D eigenvalue weighted by Crippen LogP contribution is -2.42. The Labute approximate surface area is 149 Å². The van der Waals surface area contributed by atoms with Gasteiger partial charge in [0.25, 0.3) is 0 Å². The van der Waals surface area contributed by atoms with Gasteiger partial charge in [0.1, 0.15) is 11.6 Å². The highest BCUT2D eigenvalue weighted by molar-refractivity contribution is 5.84. The molecule has 3 rings (SSSR count). The number of hydrogen-bond donors (Lipinski definition) is 0. The summed E-state index contributed by atoms with van der Waals surface area (Å²) in [5.41, 5.74) is 1.74. The predicted molar refractivity (Wildman–Crippen MR) is 95.6 cm³/mol. The van der Waals surface area contributed by atoms with E-state index in [0.29, 0.717) is 12.0 Å². The van der Waals surface area contributed by atoms with E-state index in [2.05, 4.69) is 28.6 Å². The Bertz CT molecular complexity index is 727. The summed E-state index contributed by atoms with van der Waals surface area (Å²) >= 11 is 0. The van der Waals surface area contributed by atoms with Crippen LogP contribution < -0.4 is 0 Å². The Kier molecular flexibility index (Phi) is 4.97. The number of carbonyl (C=O) groups is 1. The standard InChI is InChI=1S/C19H28N4O2/c1-12(2)18-20-8-10-23(18)16-7-6-9-22(11-16)19(24)13(3)17-14(4)21-25-15(17)5/h8,10,12-13,16H,6-7,9,11H2,1-5H3/t13-,16+/m1/s1. The van der Waals surface area contributed by atoms with Gasteiger partial charge in [-0.15, -0.1) is 0 Å². The van der Waals surface area contributed by atoms with E-state index in [-0.39, 0.29) is 11.8 Å². The van der Waals surface area contributed by atoms with Crippen molar-refractivity contribution in [2.24, 2.45) is 0 Å². The molecular formula is C19H28N4O2. The van der Waals surface area contributed by atoms with E-state index in [1.165, 1.54) is 0 Å². The molecule has 6 heteroatoms. The van der Waals surface area contributed by atoms with Crippen molar-refractivity contribution < 1.29 is 9.32 Å². The number of rotatable bonds is 4. The first-order chi connectivity index (χ1) is 11.9. The van der Waals surface area contributed by atoms with E-state index in [1.54, 1.807) is 0 Å². The minimum absolute atomic E-state index is 0.158. The number of amides is 1. The van der Waals surface area contributed by atoms with E-state index in [9.17, 15) is 4.79 Å². The summed E-state index contributed by atoms with van der Waals surface area (Å²) in [5.74, 6) is 2.15. The van der Waals surface area contributed by atoms with Gasteiger partial charge in [0.05, 0.1) is 17.7 Å². The average molecular weight is 344 g/mol. The lowest BCUT2D eigenvalue weighted by molar-refractivity contribution is -0.134. The molecule has 1 aliphatic rings. The lowest BCUT2D eigenvalue weighted by atomic mass is 9.96. The van der Waals surface area contributed by atoms with Gasteiger partial charge in [-0.3, -0.25) is 4.79 Å². The summed E-state index contributed by atoms with van der Waals surface area (Å²) in [6.45, 7) is 11.6. The molecule has 0 N–H and O–H groups in total. The number of nitrogens with zero attached hydrogens (tertiary/aromatic N) is 4. The molecule has 0 saturated carbocycles. The highest BCUT2D eigenvalue weighted by atomic mass is 16.5. The fourth-order valence-corrected chi connectivity index (χ4v) is 3.97. The summed E-state index contributed by atoms with van der Waals surface area (Å²) < 4.78 is 7.50. The molecule has 0 unspecified atom stereocenters. The van der Waals surface area contributed by atoms with E-state index in [0.717, 1.165) is 48.8 Å². The van der Waals surface area contributed by atoms with Crippen molar-refractivity contribution in [3.63, 3.8) is 0 Å². The van der Waals surface area contributed by atoms with Crippen LogP contribution in [0.4, 0.5) is 0 Å².